The molecule has 5 nitrogen and oxygen atoms in total. The maximum Gasteiger partial charge on any atom is 0.261 e. The van der Waals surface area contributed by atoms with Crippen molar-refractivity contribution >= 4 is 33.2 Å². The Labute approximate surface area is 188 Å². The number of anilines is 1. The molecule has 7 heteroatoms. The predicted octanol–water partition coefficient (Wildman–Crippen LogP) is 5.24. The third kappa shape index (κ3) is 6.09. The SMILES string of the molecule is CC(C)c1ccc(CCNC(=O)c2ccc(NS(=O)(=O)c3ccccc3)cc2Cl)cc1. The molecule has 0 heterocycles. The average Bonchev–Trinajstić information content (AvgIpc) is 2.74. The minimum absolute atomic E-state index is 0.148. The monoisotopic (exact) mass is 456 g/mol. The van der Waals surface area contributed by atoms with E-state index in [1.807, 2.05) is 0 Å². The summed E-state index contributed by atoms with van der Waals surface area (Å²) in [6.45, 7) is 4.77. The van der Waals surface area contributed by atoms with Crippen molar-refractivity contribution in [3.63, 3.8) is 0 Å². The average molecular weight is 457 g/mol. The molecule has 1 amide bonds. The van der Waals surface area contributed by atoms with Gasteiger partial charge in [-0.3, -0.25) is 9.52 Å². The third-order valence-electron chi connectivity index (χ3n) is 4.87. The highest BCUT2D eigenvalue weighted by atomic mass is 35.5. The first-order valence-corrected chi connectivity index (χ1v) is 11.9. The van der Waals surface area contributed by atoms with Gasteiger partial charge in [0.1, 0.15) is 0 Å². The number of hydrogen-bond acceptors (Lipinski definition) is 3. The Morgan fingerprint density at radius 2 is 1.65 bits per heavy atom. The fourth-order valence-electron chi connectivity index (χ4n) is 3.06. The first-order valence-electron chi connectivity index (χ1n) is 10.0. The maximum absolute atomic E-state index is 12.5. The topological polar surface area (TPSA) is 75.3 Å². The lowest BCUT2D eigenvalue weighted by Gasteiger charge is -2.11. The van der Waals surface area contributed by atoms with Crippen LogP contribution in [0.3, 0.4) is 0 Å². The Morgan fingerprint density at radius 1 is 0.968 bits per heavy atom. The zero-order valence-electron chi connectivity index (χ0n) is 17.4. The lowest BCUT2D eigenvalue weighted by Crippen LogP contribution is -2.26. The quantitative estimate of drug-likeness (QED) is 0.487. The largest absolute Gasteiger partial charge is 0.352 e. The second-order valence-corrected chi connectivity index (χ2v) is 9.60. The van der Waals surface area contributed by atoms with E-state index >= 15 is 0 Å². The van der Waals surface area contributed by atoms with Crippen LogP contribution in [0.4, 0.5) is 5.69 Å². The van der Waals surface area contributed by atoms with Crippen LogP contribution in [-0.2, 0) is 16.4 Å². The van der Waals surface area contributed by atoms with Gasteiger partial charge in [0.2, 0.25) is 0 Å². The zero-order chi connectivity index (χ0) is 22.4. The summed E-state index contributed by atoms with van der Waals surface area (Å²) in [6, 6.07) is 20.9. The number of amides is 1. The Bertz CT molecular complexity index is 1150. The number of carbonyl (C=O) groups excluding carboxylic acids is 1. The van der Waals surface area contributed by atoms with Crippen LogP contribution in [0.2, 0.25) is 5.02 Å². The third-order valence-corrected chi connectivity index (χ3v) is 6.57. The standard InChI is InChI=1S/C24H25ClN2O3S/c1-17(2)19-10-8-18(9-11-19)14-15-26-24(28)22-13-12-20(16-23(22)25)27-31(29,30)21-6-4-3-5-7-21/h3-13,16-17,27H,14-15H2,1-2H3,(H,26,28). The van der Waals surface area contributed by atoms with Crippen molar-refractivity contribution in [2.45, 2.75) is 31.1 Å². The van der Waals surface area contributed by atoms with Gasteiger partial charge in [-0.05, 0) is 53.8 Å². The highest BCUT2D eigenvalue weighted by Gasteiger charge is 2.16. The van der Waals surface area contributed by atoms with Gasteiger partial charge in [-0.25, -0.2) is 8.42 Å². The Kier molecular flexibility index (Phi) is 7.36. The number of rotatable bonds is 8. The Morgan fingerprint density at radius 3 is 2.26 bits per heavy atom. The molecule has 0 aliphatic heterocycles. The number of hydrogen-bond donors (Lipinski definition) is 2. The van der Waals surface area contributed by atoms with Crippen molar-refractivity contribution in [1.82, 2.24) is 5.32 Å². The van der Waals surface area contributed by atoms with Crippen molar-refractivity contribution in [1.29, 1.82) is 0 Å². The molecule has 3 aromatic rings. The highest BCUT2D eigenvalue weighted by Crippen LogP contribution is 2.23. The van der Waals surface area contributed by atoms with Gasteiger partial charge in [-0.15, -0.1) is 0 Å². The number of carbonyl (C=O) groups is 1. The summed E-state index contributed by atoms with van der Waals surface area (Å²) < 4.78 is 27.3. The molecule has 0 aromatic heterocycles. The fourth-order valence-corrected chi connectivity index (χ4v) is 4.40. The molecule has 0 saturated heterocycles. The van der Waals surface area contributed by atoms with E-state index in [2.05, 4.69) is 48.2 Å². The van der Waals surface area contributed by atoms with E-state index in [1.165, 1.54) is 35.9 Å². The first kappa shape index (κ1) is 22.8. The number of halogens is 1. The van der Waals surface area contributed by atoms with E-state index < -0.39 is 10.0 Å². The summed E-state index contributed by atoms with van der Waals surface area (Å²) >= 11 is 6.25. The van der Waals surface area contributed by atoms with Crippen molar-refractivity contribution < 1.29 is 13.2 Å². The summed E-state index contributed by atoms with van der Waals surface area (Å²) in [5.41, 5.74) is 3.00. The van der Waals surface area contributed by atoms with Gasteiger partial charge in [0.15, 0.2) is 0 Å². The molecule has 162 valence electrons. The van der Waals surface area contributed by atoms with Crippen molar-refractivity contribution in [2.75, 3.05) is 11.3 Å². The second-order valence-electron chi connectivity index (χ2n) is 7.52. The lowest BCUT2D eigenvalue weighted by atomic mass is 10.0. The van der Waals surface area contributed by atoms with Gasteiger partial charge in [0.25, 0.3) is 15.9 Å². The maximum atomic E-state index is 12.5. The van der Waals surface area contributed by atoms with Gasteiger partial charge in [0, 0.05) is 6.54 Å². The van der Waals surface area contributed by atoms with Gasteiger partial charge < -0.3 is 5.32 Å². The minimum atomic E-state index is -3.73. The van der Waals surface area contributed by atoms with Crippen LogP contribution in [-0.4, -0.2) is 20.9 Å². The predicted molar refractivity (Wildman–Crippen MR) is 125 cm³/mol. The lowest BCUT2D eigenvalue weighted by molar-refractivity contribution is 0.0954. The van der Waals surface area contributed by atoms with E-state index in [0.29, 0.717) is 24.4 Å². The van der Waals surface area contributed by atoms with Gasteiger partial charge in [0.05, 0.1) is 21.2 Å². The molecular formula is C24H25ClN2O3S. The molecule has 0 bridgehead atoms. The van der Waals surface area contributed by atoms with E-state index in [-0.39, 0.29) is 21.5 Å². The molecule has 0 saturated carbocycles. The number of sulfonamides is 1. The van der Waals surface area contributed by atoms with Gasteiger partial charge in [-0.2, -0.15) is 0 Å². The zero-order valence-corrected chi connectivity index (χ0v) is 19.0. The smallest absolute Gasteiger partial charge is 0.261 e. The van der Waals surface area contributed by atoms with Crippen LogP contribution < -0.4 is 10.0 Å². The van der Waals surface area contributed by atoms with E-state index in [1.54, 1.807) is 18.2 Å². The van der Waals surface area contributed by atoms with Crippen LogP contribution in [0.15, 0.2) is 77.7 Å². The van der Waals surface area contributed by atoms with E-state index in [9.17, 15) is 13.2 Å². The summed E-state index contributed by atoms with van der Waals surface area (Å²) in [4.78, 5) is 12.6. The molecule has 3 aromatic carbocycles. The molecule has 0 atom stereocenters. The van der Waals surface area contributed by atoms with Crippen molar-refractivity contribution in [2.24, 2.45) is 0 Å². The van der Waals surface area contributed by atoms with Crippen LogP contribution >= 0.6 is 11.6 Å². The van der Waals surface area contributed by atoms with Gasteiger partial charge in [-0.1, -0.05) is 67.9 Å². The molecule has 0 unspecified atom stereocenters. The van der Waals surface area contributed by atoms with E-state index in [4.69, 9.17) is 11.6 Å². The molecule has 2 N–H and O–H groups in total. The Hall–Kier alpha value is -2.83. The van der Waals surface area contributed by atoms with Crippen molar-refractivity contribution in [3.05, 3.63) is 94.5 Å². The first-order chi connectivity index (χ1) is 14.8. The molecule has 31 heavy (non-hydrogen) atoms. The molecule has 0 fully saturated rings. The van der Waals surface area contributed by atoms with E-state index in [0.717, 1.165) is 5.56 Å². The summed E-state index contributed by atoms with van der Waals surface area (Å²) in [5.74, 6) is 0.178. The normalized spacial score (nSPS) is 11.4. The highest BCUT2D eigenvalue weighted by molar-refractivity contribution is 7.92. The molecule has 0 aliphatic rings. The Balaban J connectivity index is 1.59. The summed E-state index contributed by atoms with van der Waals surface area (Å²) in [5, 5.41) is 3.03. The van der Waals surface area contributed by atoms with Crippen molar-refractivity contribution in [3.8, 4) is 0 Å². The summed E-state index contributed by atoms with van der Waals surface area (Å²) in [7, 11) is -3.73. The molecular weight excluding hydrogens is 432 g/mol. The fraction of sp³-hybridized carbons (Fsp3) is 0.208. The minimum Gasteiger partial charge on any atom is -0.352 e. The van der Waals surface area contributed by atoms with Crippen LogP contribution in [0.1, 0.15) is 41.3 Å². The number of benzene rings is 3. The number of nitrogens with one attached hydrogen (secondary N) is 2. The van der Waals surface area contributed by atoms with Crippen LogP contribution in [0.25, 0.3) is 0 Å². The molecule has 0 radical (unpaired) electrons. The molecule has 0 spiro atoms. The van der Waals surface area contributed by atoms with Gasteiger partial charge >= 0.3 is 0 Å². The van der Waals surface area contributed by atoms with Crippen LogP contribution in [0, 0.1) is 0 Å². The molecule has 3 rings (SSSR count). The van der Waals surface area contributed by atoms with Crippen LogP contribution in [0.5, 0.6) is 0 Å². The molecule has 0 aliphatic carbocycles. The summed E-state index contributed by atoms with van der Waals surface area (Å²) in [6.07, 6.45) is 0.705. The second kappa shape index (κ2) is 9.98.